The van der Waals surface area contributed by atoms with E-state index in [1.807, 2.05) is 12.1 Å². The molecule has 1 aromatic carbocycles. The molecule has 0 radical (unpaired) electrons. The molecule has 0 saturated heterocycles. The van der Waals surface area contributed by atoms with Crippen LogP contribution in [0.4, 0.5) is 4.39 Å². The molecule has 1 fully saturated rings. The first-order valence-corrected chi connectivity index (χ1v) is 6.68. The highest BCUT2D eigenvalue weighted by Gasteiger charge is 2.29. The molecule has 1 nitrogen and oxygen atoms in total. The number of hydrogen-bond acceptors (Lipinski definition) is 1. The van der Waals surface area contributed by atoms with Crippen LogP contribution in [0.2, 0.25) is 0 Å². The summed E-state index contributed by atoms with van der Waals surface area (Å²) >= 11 is 3.23. The lowest BCUT2D eigenvalue weighted by Crippen LogP contribution is -2.40. The van der Waals surface area contributed by atoms with Crippen molar-refractivity contribution in [3.05, 3.63) is 34.1 Å². The van der Waals surface area contributed by atoms with Gasteiger partial charge in [-0.25, -0.2) is 4.39 Å². The summed E-state index contributed by atoms with van der Waals surface area (Å²) in [5.41, 5.74) is 1.25. The van der Waals surface area contributed by atoms with Crippen molar-refractivity contribution in [1.82, 2.24) is 5.32 Å². The Morgan fingerprint density at radius 3 is 2.81 bits per heavy atom. The van der Waals surface area contributed by atoms with E-state index in [0.29, 0.717) is 16.4 Å². The summed E-state index contributed by atoms with van der Waals surface area (Å²) in [6, 6.07) is 6.03. The highest BCUT2D eigenvalue weighted by molar-refractivity contribution is 9.10. The summed E-state index contributed by atoms with van der Waals surface area (Å²) in [6.07, 6.45) is 3.54. The number of rotatable bonds is 4. The molecule has 0 heterocycles. The summed E-state index contributed by atoms with van der Waals surface area (Å²) in [5.74, 6) is 0.426. The van der Waals surface area contributed by atoms with Crippen molar-refractivity contribution in [2.75, 3.05) is 6.54 Å². The lowest BCUT2D eigenvalue weighted by molar-refractivity contribution is 0.291. The first kappa shape index (κ1) is 12.1. The third-order valence-electron chi connectivity index (χ3n) is 3.24. The Bertz CT molecular complexity index is 361. The van der Waals surface area contributed by atoms with Crippen molar-refractivity contribution in [2.45, 2.75) is 38.1 Å². The minimum Gasteiger partial charge on any atom is -0.314 e. The van der Waals surface area contributed by atoms with Gasteiger partial charge in [-0.15, -0.1) is 0 Å². The maximum atomic E-state index is 13.1. The van der Waals surface area contributed by atoms with Gasteiger partial charge in [0.2, 0.25) is 0 Å². The largest absolute Gasteiger partial charge is 0.314 e. The fourth-order valence-electron chi connectivity index (χ4n) is 2.17. The van der Waals surface area contributed by atoms with Crippen molar-refractivity contribution in [3.8, 4) is 0 Å². The standard InChI is InChI=1S/C13H17BrFN/c1-2-5-16-11-6-10(7-11)9-3-4-13(15)12(14)8-9/h3-4,8,10-11,16H,2,5-7H2,1H3. The van der Waals surface area contributed by atoms with Crippen LogP contribution in [-0.4, -0.2) is 12.6 Å². The van der Waals surface area contributed by atoms with Gasteiger partial charge in [-0.1, -0.05) is 13.0 Å². The third-order valence-corrected chi connectivity index (χ3v) is 3.84. The first-order valence-electron chi connectivity index (χ1n) is 5.89. The molecular weight excluding hydrogens is 269 g/mol. The monoisotopic (exact) mass is 285 g/mol. The molecule has 1 aliphatic carbocycles. The van der Waals surface area contributed by atoms with Crippen LogP contribution in [-0.2, 0) is 0 Å². The molecule has 1 aromatic rings. The van der Waals surface area contributed by atoms with E-state index < -0.39 is 0 Å². The Balaban J connectivity index is 1.89. The minimum absolute atomic E-state index is 0.177. The van der Waals surface area contributed by atoms with Crippen LogP contribution >= 0.6 is 15.9 Å². The molecule has 3 heteroatoms. The minimum atomic E-state index is -0.177. The number of hydrogen-bond donors (Lipinski definition) is 1. The van der Waals surface area contributed by atoms with E-state index in [1.165, 1.54) is 24.8 Å². The van der Waals surface area contributed by atoms with Gasteiger partial charge >= 0.3 is 0 Å². The number of nitrogens with one attached hydrogen (secondary N) is 1. The van der Waals surface area contributed by atoms with Gasteiger partial charge in [-0.05, 0) is 65.4 Å². The van der Waals surface area contributed by atoms with E-state index in [0.717, 1.165) is 6.54 Å². The summed E-state index contributed by atoms with van der Waals surface area (Å²) in [5, 5.41) is 3.51. The van der Waals surface area contributed by atoms with E-state index >= 15 is 0 Å². The summed E-state index contributed by atoms with van der Waals surface area (Å²) < 4.78 is 13.6. The van der Waals surface area contributed by atoms with Gasteiger partial charge in [0.05, 0.1) is 4.47 Å². The van der Waals surface area contributed by atoms with Gasteiger partial charge in [0, 0.05) is 6.04 Å². The maximum Gasteiger partial charge on any atom is 0.137 e. The van der Waals surface area contributed by atoms with Gasteiger partial charge in [-0.3, -0.25) is 0 Å². The Hall–Kier alpha value is -0.410. The van der Waals surface area contributed by atoms with Crippen molar-refractivity contribution in [1.29, 1.82) is 0 Å². The van der Waals surface area contributed by atoms with Crippen molar-refractivity contribution < 1.29 is 4.39 Å². The smallest absolute Gasteiger partial charge is 0.137 e. The van der Waals surface area contributed by atoms with Crippen LogP contribution in [0.15, 0.2) is 22.7 Å². The van der Waals surface area contributed by atoms with Gasteiger partial charge in [0.1, 0.15) is 5.82 Å². The van der Waals surface area contributed by atoms with E-state index in [2.05, 4.69) is 28.2 Å². The zero-order valence-electron chi connectivity index (χ0n) is 9.47. The molecule has 1 saturated carbocycles. The average Bonchev–Trinajstić information content (AvgIpc) is 2.21. The highest BCUT2D eigenvalue weighted by atomic mass is 79.9. The van der Waals surface area contributed by atoms with E-state index in [9.17, 15) is 4.39 Å². The molecule has 88 valence electrons. The SMILES string of the molecule is CCCNC1CC(c2ccc(F)c(Br)c2)C1. The van der Waals surface area contributed by atoms with Crippen LogP contribution in [0.3, 0.4) is 0 Å². The fraction of sp³-hybridized carbons (Fsp3) is 0.538. The Morgan fingerprint density at radius 2 is 2.19 bits per heavy atom. The molecule has 0 unspecified atom stereocenters. The third kappa shape index (κ3) is 2.64. The topological polar surface area (TPSA) is 12.0 Å². The average molecular weight is 286 g/mol. The lowest BCUT2D eigenvalue weighted by Gasteiger charge is -2.36. The lowest BCUT2D eigenvalue weighted by atomic mass is 9.76. The molecule has 0 atom stereocenters. The molecule has 1 aliphatic rings. The summed E-state index contributed by atoms with van der Waals surface area (Å²) in [4.78, 5) is 0. The van der Waals surface area contributed by atoms with Crippen LogP contribution in [0.5, 0.6) is 0 Å². The predicted octanol–water partition coefficient (Wildman–Crippen LogP) is 3.83. The van der Waals surface area contributed by atoms with E-state index in [-0.39, 0.29) is 5.82 Å². The van der Waals surface area contributed by atoms with Crippen LogP contribution in [0, 0.1) is 5.82 Å². The second-order valence-electron chi connectivity index (χ2n) is 4.49. The van der Waals surface area contributed by atoms with Gasteiger partial charge in [-0.2, -0.15) is 0 Å². The zero-order chi connectivity index (χ0) is 11.5. The normalized spacial score (nSPS) is 24.2. The Morgan fingerprint density at radius 1 is 1.44 bits per heavy atom. The highest BCUT2D eigenvalue weighted by Crippen LogP contribution is 2.38. The van der Waals surface area contributed by atoms with Gasteiger partial charge in [0.15, 0.2) is 0 Å². The van der Waals surface area contributed by atoms with Crippen molar-refractivity contribution >= 4 is 15.9 Å². The second-order valence-corrected chi connectivity index (χ2v) is 5.35. The van der Waals surface area contributed by atoms with Crippen LogP contribution < -0.4 is 5.32 Å². The molecule has 0 aliphatic heterocycles. The molecule has 0 spiro atoms. The fourth-order valence-corrected chi connectivity index (χ4v) is 2.57. The van der Waals surface area contributed by atoms with Gasteiger partial charge < -0.3 is 5.32 Å². The van der Waals surface area contributed by atoms with Crippen LogP contribution in [0.1, 0.15) is 37.7 Å². The van der Waals surface area contributed by atoms with E-state index in [4.69, 9.17) is 0 Å². The number of benzene rings is 1. The molecule has 2 rings (SSSR count). The first-order chi connectivity index (χ1) is 7.70. The molecule has 16 heavy (non-hydrogen) atoms. The quantitative estimate of drug-likeness (QED) is 0.887. The molecule has 0 aromatic heterocycles. The molecule has 0 bridgehead atoms. The van der Waals surface area contributed by atoms with Gasteiger partial charge in [0.25, 0.3) is 0 Å². The number of halogens is 2. The second kappa shape index (κ2) is 5.28. The Labute approximate surface area is 105 Å². The molecule has 1 N–H and O–H groups in total. The van der Waals surface area contributed by atoms with Crippen molar-refractivity contribution in [3.63, 3.8) is 0 Å². The van der Waals surface area contributed by atoms with Crippen LogP contribution in [0.25, 0.3) is 0 Å². The Kier molecular flexibility index (Phi) is 3.98. The molecular formula is C13H17BrFN. The van der Waals surface area contributed by atoms with Crippen molar-refractivity contribution in [2.24, 2.45) is 0 Å². The summed E-state index contributed by atoms with van der Waals surface area (Å²) in [6.45, 7) is 3.28. The van der Waals surface area contributed by atoms with E-state index in [1.54, 1.807) is 6.07 Å². The maximum absolute atomic E-state index is 13.1. The summed E-state index contributed by atoms with van der Waals surface area (Å²) in [7, 11) is 0. The zero-order valence-corrected chi connectivity index (χ0v) is 11.1. The molecule has 0 amide bonds. The predicted molar refractivity (Wildman–Crippen MR) is 68.2 cm³/mol.